The number of amides is 2. The average molecular weight is 212 g/mol. The Balaban J connectivity index is 4.91. The molecule has 2 amide bonds. The van der Waals surface area contributed by atoms with Crippen molar-refractivity contribution in [1.29, 1.82) is 0 Å². The summed E-state index contributed by atoms with van der Waals surface area (Å²) in [5, 5.41) is 2.56. The number of rotatable bonds is 6. The number of nitrogens with one attached hydrogen (secondary N) is 1. The Morgan fingerprint density at radius 1 is 1.47 bits per heavy atom. The quantitative estimate of drug-likeness (QED) is 0.635. The van der Waals surface area contributed by atoms with Crippen LogP contribution in [0.1, 0.15) is 20.3 Å². The van der Waals surface area contributed by atoms with Crippen molar-refractivity contribution in [2.45, 2.75) is 20.3 Å². The van der Waals surface area contributed by atoms with Gasteiger partial charge in [-0.1, -0.05) is 19.9 Å². The van der Waals surface area contributed by atoms with Crippen molar-refractivity contribution in [3.8, 4) is 0 Å². The SMILES string of the molecule is C=CC[C@H](C(N)=O)C(C(=O)NC)C(C)C. The maximum absolute atomic E-state index is 11.6. The van der Waals surface area contributed by atoms with Gasteiger partial charge in [-0.3, -0.25) is 9.59 Å². The van der Waals surface area contributed by atoms with Gasteiger partial charge in [0, 0.05) is 7.05 Å². The molecule has 0 aliphatic heterocycles. The third-order valence-electron chi connectivity index (χ3n) is 2.49. The molecular formula is C11H20N2O2. The fourth-order valence-corrected chi connectivity index (χ4v) is 1.74. The molecule has 3 N–H and O–H groups in total. The monoisotopic (exact) mass is 212 g/mol. The van der Waals surface area contributed by atoms with E-state index in [0.717, 1.165) is 0 Å². The van der Waals surface area contributed by atoms with E-state index in [1.54, 1.807) is 13.1 Å². The molecule has 4 heteroatoms. The highest BCUT2D eigenvalue weighted by molar-refractivity contribution is 5.87. The summed E-state index contributed by atoms with van der Waals surface area (Å²) in [4.78, 5) is 22.9. The Morgan fingerprint density at radius 3 is 2.27 bits per heavy atom. The first-order valence-corrected chi connectivity index (χ1v) is 5.07. The highest BCUT2D eigenvalue weighted by Crippen LogP contribution is 2.24. The summed E-state index contributed by atoms with van der Waals surface area (Å²) in [6.45, 7) is 7.37. The van der Waals surface area contributed by atoms with Crippen molar-refractivity contribution in [3.05, 3.63) is 12.7 Å². The summed E-state index contributed by atoms with van der Waals surface area (Å²) in [5.41, 5.74) is 5.29. The molecule has 0 aromatic heterocycles. The van der Waals surface area contributed by atoms with Gasteiger partial charge in [-0.05, 0) is 12.3 Å². The topological polar surface area (TPSA) is 72.2 Å². The van der Waals surface area contributed by atoms with Crippen molar-refractivity contribution in [3.63, 3.8) is 0 Å². The Hall–Kier alpha value is -1.32. The van der Waals surface area contributed by atoms with E-state index in [9.17, 15) is 9.59 Å². The molecule has 4 nitrogen and oxygen atoms in total. The molecular weight excluding hydrogens is 192 g/mol. The second kappa shape index (κ2) is 6.22. The van der Waals surface area contributed by atoms with Crippen LogP contribution in [-0.4, -0.2) is 18.9 Å². The van der Waals surface area contributed by atoms with Gasteiger partial charge < -0.3 is 11.1 Å². The lowest BCUT2D eigenvalue weighted by Gasteiger charge is -2.25. The molecule has 86 valence electrons. The van der Waals surface area contributed by atoms with Gasteiger partial charge in [0.15, 0.2) is 0 Å². The second-order valence-corrected chi connectivity index (χ2v) is 3.92. The minimum Gasteiger partial charge on any atom is -0.369 e. The fraction of sp³-hybridized carbons (Fsp3) is 0.636. The molecule has 0 aliphatic rings. The Morgan fingerprint density at radius 2 is 2.00 bits per heavy atom. The first kappa shape index (κ1) is 13.7. The molecule has 0 aromatic rings. The van der Waals surface area contributed by atoms with Crippen molar-refractivity contribution < 1.29 is 9.59 Å². The third-order valence-corrected chi connectivity index (χ3v) is 2.49. The lowest BCUT2D eigenvalue weighted by Crippen LogP contribution is -2.41. The zero-order valence-electron chi connectivity index (χ0n) is 9.62. The zero-order valence-corrected chi connectivity index (χ0v) is 9.62. The first-order valence-electron chi connectivity index (χ1n) is 5.07. The van der Waals surface area contributed by atoms with E-state index in [0.29, 0.717) is 6.42 Å². The highest BCUT2D eigenvalue weighted by atomic mass is 16.2. The van der Waals surface area contributed by atoms with E-state index >= 15 is 0 Å². The van der Waals surface area contributed by atoms with Crippen LogP contribution in [0.4, 0.5) is 0 Å². The molecule has 15 heavy (non-hydrogen) atoms. The van der Waals surface area contributed by atoms with Crippen LogP contribution in [-0.2, 0) is 9.59 Å². The van der Waals surface area contributed by atoms with Gasteiger partial charge in [0.1, 0.15) is 0 Å². The largest absolute Gasteiger partial charge is 0.369 e. The van der Waals surface area contributed by atoms with E-state index in [1.165, 1.54) is 0 Å². The van der Waals surface area contributed by atoms with Gasteiger partial charge in [-0.25, -0.2) is 0 Å². The predicted molar refractivity (Wildman–Crippen MR) is 59.9 cm³/mol. The predicted octanol–water partition coefficient (Wildman–Crippen LogP) is 0.682. The standard InChI is InChI=1S/C11H20N2O2/c1-5-6-8(10(12)14)9(7(2)3)11(15)13-4/h5,7-9H,1,6H2,2-4H3,(H2,12,14)(H,13,15)/t8-,9?/m0/s1. The number of allylic oxidation sites excluding steroid dienone is 1. The van der Waals surface area contributed by atoms with Crippen LogP contribution < -0.4 is 11.1 Å². The Kier molecular flexibility index (Phi) is 5.67. The molecule has 0 saturated heterocycles. The summed E-state index contributed by atoms with van der Waals surface area (Å²) < 4.78 is 0. The third kappa shape index (κ3) is 3.73. The molecule has 2 atom stereocenters. The average Bonchev–Trinajstić information content (AvgIpc) is 2.15. The van der Waals surface area contributed by atoms with Gasteiger partial charge in [-0.15, -0.1) is 6.58 Å². The molecule has 0 bridgehead atoms. The summed E-state index contributed by atoms with van der Waals surface area (Å²) in [6.07, 6.45) is 2.05. The minimum absolute atomic E-state index is 0.0717. The van der Waals surface area contributed by atoms with E-state index in [2.05, 4.69) is 11.9 Å². The molecule has 0 radical (unpaired) electrons. The fourth-order valence-electron chi connectivity index (χ4n) is 1.74. The highest BCUT2D eigenvalue weighted by Gasteiger charge is 2.33. The van der Waals surface area contributed by atoms with Crippen LogP contribution in [0, 0.1) is 17.8 Å². The number of primary amides is 1. The van der Waals surface area contributed by atoms with Crippen molar-refractivity contribution in [1.82, 2.24) is 5.32 Å². The molecule has 0 aromatic carbocycles. The molecule has 0 heterocycles. The first-order chi connectivity index (χ1) is 6.95. The number of carbonyl (C=O) groups is 2. The second-order valence-electron chi connectivity index (χ2n) is 3.92. The zero-order chi connectivity index (χ0) is 12.0. The molecule has 0 fully saturated rings. The maximum Gasteiger partial charge on any atom is 0.223 e. The molecule has 0 spiro atoms. The lowest BCUT2D eigenvalue weighted by molar-refractivity contribution is -0.134. The van der Waals surface area contributed by atoms with Gasteiger partial charge >= 0.3 is 0 Å². The molecule has 0 saturated carbocycles. The molecule has 0 rings (SSSR count). The van der Waals surface area contributed by atoms with E-state index in [4.69, 9.17) is 5.73 Å². The summed E-state index contributed by atoms with van der Waals surface area (Å²) >= 11 is 0. The minimum atomic E-state index is -0.470. The smallest absolute Gasteiger partial charge is 0.223 e. The van der Waals surface area contributed by atoms with Gasteiger partial charge in [0.2, 0.25) is 11.8 Å². The number of carbonyl (C=O) groups excluding carboxylic acids is 2. The van der Waals surface area contributed by atoms with E-state index in [-0.39, 0.29) is 17.7 Å². The Bertz CT molecular complexity index is 249. The van der Waals surface area contributed by atoms with Crippen LogP contribution in [0.3, 0.4) is 0 Å². The summed E-state index contributed by atoms with van der Waals surface area (Å²) in [6, 6.07) is 0. The molecule has 1 unspecified atom stereocenters. The number of nitrogens with two attached hydrogens (primary N) is 1. The maximum atomic E-state index is 11.6. The van der Waals surface area contributed by atoms with Crippen LogP contribution in [0.15, 0.2) is 12.7 Å². The van der Waals surface area contributed by atoms with E-state index in [1.807, 2.05) is 13.8 Å². The summed E-state index contributed by atoms with van der Waals surface area (Å²) in [7, 11) is 1.56. The van der Waals surface area contributed by atoms with Crippen molar-refractivity contribution in [2.24, 2.45) is 23.5 Å². The van der Waals surface area contributed by atoms with Gasteiger partial charge in [0.05, 0.1) is 11.8 Å². The lowest BCUT2D eigenvalue weighted by atomic mass is 9.80. The van der Waals surface area contributed by atoms with Crippen LogP contribution in [0.2, 0.25) is 0 Å². The van der Waals surface area contributed by atoms with Gasteiger partial charge in [-0.2, -0.15) is 0 Å². The van der Waals surface area contributed by atoms with Crippen LogP contribution in [0.5, 0.6) is 0 Å². The van der Waals surface area contributed by atoms with Crippen molar-refractivity contribution in [2.75, 3.05) is 7.05 Å². The normalized spacial score (nSPS) is 14.4. The van der Waals surface area contributed by atoms with Gasteiger partial charge in [0.25, 0.3) is 0 Å². The summed E-state index contributed by atoms with van der Waals surface area (Å²) in [5.74, 6) is -1.37. The molecule has 0 aliphatic carbocycles. The van der Waals surface area contributed by atoms with E-state index < -0.39 is 11.8 Å². The van der Waals surface area contributed by atoms with Crippen LogP contribution in [0.25, 0.3) is 0 Å². The number of hydrogen-bond donors (Lipinski definition) is 2. The van der Waals surface area contributed by atoms with Crippen LogP contribution >= 0.6 is 0 Å². The Labute approximate surface area is 90.9 Å². The van der Waals surface area contributed by atoms with Crippen molar-refractivity contribution >= 4 is 11.8 Å². The number of hydrogen-bond acceptors (Lipinski definition) is 2.